The van der Waals surface area contributed by atoms with Gasteiger partial charge in [0.05, 0.1) is 12.2 Å². The van der Waals surface area contributed by atoms with Gasteiger partial charge in [0.15, 0.2) is 0 Å². The Morgan fingerprint density at radius 1 is 0.872 bits per heavy atom. The monoisotopic (exact) mass is 707 g/mol. The SMILES string of the molecule is CCC1(CC)CCCC2CCC(CC)(CC)C(O)C2C1O.Cc1cccc2cc(-c3[c-]cccc3)ncc12.[Ir]. The van der Waals surface area contributed by atoms with E-state index in [0.29, 0.717) is 5.92 Å². The van der Waals surface area contributed by atoms with E-state index in [2.05, 4.69) is 69.9 Å². The molecule has 1 aromatic heterocycles. The molecule has 2 aliphatic carbocycles. The molecule has 2 N–H and O–H groups in total. The number of aliphatic hydroxyl groups is 2. The number of nitrogens with zero attached hydrogens (tertiary/aromatic N) is 1. The van der Waals surface area contributed by atoms with Crippen LogP contribution in [-0.4, -0.2) is 27.4 Å². The molecule has 2 fully saturated rings. The summed E-state index contributed by atoms with van der Waals surface area (Å²) in [5, 5.41) is 24.8. The second-order valence-electron chi connectivity index (χ2n) is 11.9. The van der Waals surface area contributed by atoms with Gasteiger partial charge in [0.1, 0.15) is 0 Å². The Morgan fingerprint density at radius 3 is 2.15 bits per heavy atom. The van der Waals surface area contributed by atoms with Gasteiger partial charge in [0.2, 0.25) is 0 Å². The van der Waals surface area contributed by atoms with Crippen molar-refractivity contribution >= 4 is 10.8 Å². The summed E-state index contributed by atoms with van der Waals surface area (Å²) in [6.07, 6.45) is 11.3. The fraction of sp³-hybridized carbons (Fsp3) is 0.571. The molecule has 5 rings (SSSR count). The molecule has 2 saturated carbocycles. The summed E-state index contributed by atoms with van der Waals surface area (Å²) in [5.41, 5.74) is 3.35. The second kappa shape index (κ2) is 13.9. The molecule has 2 aliphatic rings. The number of aromatic nitrogens is 1. The van der Waals surface area contributed by atoms with Gasteiger partial charge < -0.3 is 15.2 Å². The van der Waals surface area contributed by atoms with Crippen molar-refractivity contribution < 1.29 is 30.3 Å². The zero-order valence-corrected chi connectivity index (χ0v) is 26.9. The minimum atomic E-state index is -0.326. The molecular formula is C35H48IrNO2-. The van der Waals surface area contributed by atoms with Crippen LogP contribution in [0.25, 0.3) is 22.0 Å². The van der Waals surface area contributed by atoms with E-state index < -0.39 is 0 Å². The van der Waals surface area contributed by atoms with Crippen LogP contribution >= 0.6 is 0 Å². The van der Waals surface area contributed by atoms with Gasteiger partial charge in [-0.1, -0.05) is 58.4 Å². The summed E-state index contributed by atoms with van der Waals surface area (Å²) in [6, 6.07) is 19.6. The van der Waals surface area contributed by atoms with Crippen molar-refractivity contribution in [2.75, 3.05) is 0 Å². The molecule has 0 spiro atoms. The van der Waals surface area contributed by atoms with Gasteiger partial charge in [0.25, 0.3) is 0 Å². The first-order valence-electron chi connectivity index (χ1n) is 15.0. The Balaban J connectivity index is 0.000000214. The van der Waals surface area contributed by atoms with E-state index in [1.54, 1.807) is 0 Å². The van der Waals surface area contributed by atoms with Crippen molar-refractivity contribution in [3.05, 3.63) is 66.4 Å². The maximum Gasteiger partial charge on any atom is 0.0651 e. The number of fused-ring (bicyclic) bond motifs is 2. The molecular weight excluding hydrogens is 659 g/mol. The van der Waals surface area contributed by atoms with Gasteiger partial charge in [0, 0.05) is 37.6 Å². The zero-order chi connectivity index (χ0) is 27.3. The summed E-state index contributed by atoms with van der Waals surface area (Å²) in [7, 11) is 0. The molecule has 39 heavy (non-hydrogen) atoms. The Bertz CT molecular complexity index is 1170. The van der Waals surface area contributed by atoms with Crippen LogP contribution in [0.15, 0.2) is 54.7 Å². The quantitative estimate of drug-likeness (QED) is 0.262. The molecule has 0 saturated heterocycles. The van der Waals surface area contributed by atoms with Crippen LogP contribution in [0.5, 0.6) is 0 Å². The number of rotatable bonds is 5. The topological polar surface area (TPSA) is 53.4 Å². The Kier molecular flexibility index (Phi) is 11.3. The van der Waals surface area contributed by atoms with Crippen molar-refractivity contribution in [1.29, 1.82) is 0 Å². The number of hydrogen-bond acceptors (Lipinski definition) is 3. The smallest absolute Gasteiger partial charge is 0.0651 e. The molecule has 2 aromatic carbocycles. The van der Waals surface area contributed by atoms with E-state index >= 15 is 0 Å². The third kappa shape index (κ3) is 6.35. The van der Waals surface area contributed by atoms with Crippen LogP contribution in [0.1, 0.15) is 91.0 Å². The normalized spacial score (nSPS) is 25.4. The van der Waals surface area contributed by atoms with Gasteiger partial charge >= 0.3 is 0 Å². The molecule has 1 radical (unpaired) electrons. The standard InChI is InChI=1S/C19H36O2.C16H12N.Ir/c1-5-18(6-2)12-9-10-14-11-13-19(7-3,8-4)17(21)15(14)16(18)20;1-12-6-5-9-14-10-16(17-11-15(12)14)13-7-3-2-4-8-13;/h14-17,20-21H,5-13H2,1-4H3;2-7,9-11H,1H3;/q;-1;. The van der Waals surface area contributed by atoms with Crippen LogP contribution in [0.2, 0.25) is 0 Å². The predicted octanol–water partition coefficient (Wildman–Crippen LogP) is 8.54. The maximum atomic E-state index is 11.2. The third-order valence-electron chi connectivity index (χ3n) is 10.6. The van der Waals surface area contributed by atoms with E-state index in [0.717, 1.165) is 49.8 Å². The number of pyridine rings is 1. The fourth-order valence-electron chi connectivity index (χ4n) is 7.59. The zero-order valence-electron chi connectivity index (χ0n) is 24.5. The number of hydrogen-bond donors (Lipinski definition) is 2. The van der Waals surface area contributed by atoms with Crippen molar-refractivity contribution in [1.82, 2.24) is 4.98 Å². The van der Waals surface area contributed by atoms with E-state index in [1.165, 1.54) is 35.6 Å². The molecule has 3 nitrogen and oxygen atoms in total. The van der Waals surface area contributed by atoms with Gasteiger partial charge in [-0.05, 0) is 91.7 Å². The summed E-state index contributed by atoms with van der Waals surface area (Å²) >= 11 is 0. The summed E-state index contributed by atoms with van der Waals surface area (Å²) in [5.74, 6) is 0.627. The van der Waals surface area contributed by atoms with Crippen molar-refractivity contribution in [2.45, 2.75) is 105 Å². The minimum absolute atomic E-state index is 0. The number of aryl methyl sites for hydroxylation is 1. The fourth-order valence-corrected chi connectivity index (χ4v) is 7.59. The molecule has 4 heteroatoms. The third-order valence-corrected chi connectivity index (χ3v) is 10.6. The minimum Gasteiger partial charge on any atom is -0.392 e. The van der Waals surface area contributed by atoms with Crippen molar-refractivity contribution in [3.63, 3.8) is 0 Å². The molecule has 4 unspecified atom stereocenters. The first-order chi connectivity index (χ1) is 18.3. The van der Waals surface area contributed by atoms with E-state index in [-0.39, 0.29) is 49.1 Å². The molecule has 1 heterocycles. The average molecular weight is 707 g/mol. The molecule has 3 aromatic rings. The van der Waals surface area contributed by atoms with Gasteiger partial charge in [-0.15, -0.1) is 35.9 Å². The van der Waals surface area contributed by atoms with Crippen LogP contribution in [0, 0.1) is 35.7 Å². The van der Waals surface area contributed by atoms with E-state index in [4.69, 9.17) is 0 Å². The number of benzene rings is 2. The van der Waals surface area contributed by atoms with Crippen molar-refractivity contribution in [2.24, 2.45) is 22.7 Å². The Labute approximate surface area is 250 Å². The maximum absolute atomic E-state index is 11.2. The molecule has 4 atom stereocenters. The largest absolute Gasteiger partial charge is 0.392 e. The van der Waals surface area contributed by atoms with E-state index in [9.17, 15) is 10.2 Å². The van der Waals surface area contributed by atoms with Crippen LogP contribution in [0.4, 0.5) is 0 Å². The summed E-state index contributed by atoms with van der Waals surface area (Å²) in [6.45, 7) is 11.0. The molecule has 215 valence electrons. The molecule has 0 amide bonds. The molecule has 0 aliphatic heterocycles. The number of aliphatic hydroxyl groups excluding tert-OH is 2. The summed E-state index contributed by atoms with van der Waals surface area (Å²) < 4.78 is 0. The first kappa shape index (κ1) is 31.9. The van der Waals surface area contributed by atoms with Crippen LogP contribution in [-0.2, 0) is 20.1 Å². The van der Waals surface area contributed by atoms with Crippen LogP contribution < -0.4 is 0 Å². The van der Waals surface area contributed by atoms with Gasteiger partial charge in [-0.3, -0.25) is 0 Å². The second-order valence-corrected chi connectivity index (χ2v) is 11.9. The molecule has 0 bridgehead atoms. The van der Waals surface area contributed by atoms with Gasteiger partial charge in [-0.2, -0.15) is 0 Å². The Morgan fingerprint density at radius 2 is 1.54 bits per heavy atom. The van der Waals surface area contributed by atoms with Crippen molar-refractivity contribution in [3.8, 4) is 11.3 Å². The predicted molar refractivity (Wildman–Crippen MR) is 159 cm³/mol. The Hall–Kier alpha value is -1.58. The first-order valence-corrected chi connectivity index (χ1v) is 15.0. The summed E-state index contributed by atoms with van der Waals surface area (Å²) in [4.78, 5) is 4.51. The average Bonchev–Trinajstić information content (AvgIpc) is 3.11. The van der Waals surface area contributed by atoms with Crippen LogP contribution in [0.3, 0.4) is 0 Å². The van der Waals surface area contributed by atoms with E-state index in [1.807, 2.05) is 30.5 Å². The van der Waals surface area contributed by atoms with Gasteiger partial charge in [-0.25, -0.2) is 0 Å².